The first-order chi connectivity index (χ1) is 9.02. The molecule has 19 heavy (non-hydrogen) atoms. The first kappa shape index (κ1) is 14.8. The summed E-state index contributed by atoms with van der Waals surface area (Å²) in [7, 11) is 0. The van der Waals surface area contributed by atoms with Crippen LogP contribution in [0.3, 0.4) is 0 Å². The minimum atomic E-state index is -0.291. The van der Waals surface area contributed by atoms with Gasteiger partial charge in [0, 0.05) is 12.6 Å². The van der Waals surface area contributed by atoms with Crippen molar-refractivity contribution in [3.63, 3.8) is 0 Å². The molecule has 0 atom stereocenters. The number of aromatic nitrogens is 2. The SMILES string of the molecule is CC(C)CCCn1c(CCl)nc2cc(F)c(Br)cc21. The summed E-state index contributed by atoms with van der Waals surface area (Å²) in [6.07, 6.45) is 2.23. The summed E-state index contributed by atoms with van der Waals surface area (Å²) in [5.74, 6) is 1.53. The number of halogens is 3. The van der Waals surface area contributed by atoms with Gasteiger partial charge in [-0.1, -0.05) is 13.8 Å². The number of imidazole rings is 1. The van der Waals surface area contributed by atoms with Crippen LogP contribution >= 0.6 is 27.5 Å². The molecule has 0 amide bonds. The zero-order valence-electron chi connectivity index (χ0n) is 11.1. The average molecular weight is 348 g/mol. The monoisotopic (exact) mass is 346 g/mol. The minimum Gasteiger partial charge on any atom is -0.327 e. The quantitative estimate of drug-likeness (QED) is 0.687. The fourth-order valence-electron chi connectivity index (χ4n) is 2.18. The number of hydrogen-bond acceptors (Lipinski definition) is 1. The second-order valence-electron chi connectivity index (χ2n) is 5.10. The van der Waals surface area contributed by atoms with Gasteiger partial charge >= 0.3 is 0 Å². The lowest BCUT2D eigenvalue weighted by molar-refractivity contribution is 0.512. The summed E-state index contributed by atoms with van der Waals surface area (Å²) in [4.78, 5) is 4.40. The van der Waals surface area contributed by atoms with Gasteiger partial charge in [-0.05, 0) is 40.8 Å². The number of alkyl halides is 1. The van der Waals surface area contributed by atoms with Gasteiger partial charge in [-0.25, -0.2) is 9.37 Å². The first-order valence-electron chi connectivity index (χ1n) is 6.43. The predicted molar refractivity (Wildman–Crippen MR) is 81.0 cm³/mol. The van der Waals surface area contributed by atoms with Crippen molar-refractivity contribution in [2.24, 2.45) is 5.92 Å². The molecule has 0 N–H and O–H groups in total. The topological polar surface area (TPSA) is 17.8 Å². The molecular formula is C14H17BrClFN2. The molecule has 1 aromatic heterocycles. The van der Waals surface area contributed by atoms with Crippen LogP contribution in [0.25, 0.3) is 11.0 Å². The Kier molecular flexibility index (Phi) is 4.85. The Morgan fingerprint density at radius 1 is 1.42 bits per heavy atom. The third-order valence-electron chi connectivity index (χ3n) is 3.15. The molecule has 0 fully saturated rings. The van der Waals surface area contributed by atoms with Crippen LogP contribution in [0.4, 0.5) is 4.39 Å². The number of hydrogen-bond donors (Lipinski definition) is 0. The second-order valence-corrected chi connectivity index (χ2v) is 6.23. The van der Waals surface area contributed by atoms with Crippen LogP contribution in [0.1, 0.15) is 32.5 Å². The number of benzene rings is 1. The van der Waals surface area contributed by atoms with Crippen LogP contribution < -0.4 is 0 Å². The maximum absolute atomic E-state index is 13.5. The van der Waals surface area contributed by atoms with Crippen LogP contribution in [-0.2, 0) is 12.4 Å². The highest BCUT2D eigenvalue weighted by Crippen LogP contribution is 2.25. The van der Waals surface area contributed by atoms with Gasteiger partial charge < -0.3 is 4.57 Å². The van der Waals surface area contributed by atoms with E-state index in [-0.39, 0.29) is 5.82 Å². The third-order valence-corrected chi connectivity index (χ3v) is 4.00. The van der Waals surface area contributed by atoms with E-state index in [0.717, 1.165) is 30.7 Å². The van der Waals surface area contributed by atoms with Crippen molar-refractivity contribution in [2.75, 3.05) is 0 Å². The zero-order chi connectivity index (χ0) is 14.0. The Bertz CT molecular complexity index is 580. The molecule has 2 rings (SSSR count). The van der Waals surface area contributed by atoms with Crippen molar-refractivity contribution >= 4 is 38.6 Å². The third kappa shape index (κ3) is 3.29. The van der Waals surface area contributed by atoms with E-state index in [1.807, 2.05) is 0 Å². The number of aryl methyl sites for hydroxylation is 1. The summed E-state index contributed by atoms with van der Waals surface area (Å²) < 4.78 is 16.1. The Labute approximate surface area is 126 Å². The molecule has 104 valence electrons. The highest BCUT2D eigenvalue weighted by molar-refractivity contribution is 9.10. The molecule has 0 radical (unpaired) electrons. The molecule has 0 aliphatic heterocycles. The molecule has 2 aromatic rings. The van der Waals surface area contributed by atoms with Crippen LogP contribution in [0, 0.1) is 11.7 Å². The van der Waals surface area contributed by atoms with Gasteiger partial charge in [-0.3, -0.25) is 0 Å². The van der Waals surface area contributed by atoms with E-state index >= 15 is 0 Å². The van der Waals surface area contributed by atoms with Gasteiger partial charge in [-0.2, -0.15) is 0 Å². The van der Waals surface area contributed by atoms with Gasteiger partial charge in [0.15, 0.2) is 0 Å². The molecule has 5 heteroatoms. The second kappa shape index (κ2) is 6.23. The van der Waals surface area contributed by atoms with Crippen molar-refractivity contribution in [1.29, 1.82) is 0 Å². The lowest BCUT2D eigenvalue weighted by Gasteiger charge is -2.09. The summed E-state index contributed by atoms with van der Waals surface area (Å²) in [6, 6.07) is 3.23. The highest BCUT2D eigenvalue weighted by Gasteiger charge is 2.12. The van der Waals surface area contributed by atoms with E-state index in [1.165, 1.54) is 6.07 Å². The van der Waals surface area contributed by atoms with Crippen LogP contribution in [0.2, 0.25) is 0 Å². The van der Waals surface area contributed by atoms with Crippen LogP contribution in [0.5, 0.6) is 0 Å². The molecular weight excluding hydrogens is 331 g/mol. The zero-order valence-corrected chi connectivity index (χ0v) is 13.4. The highest BCUT2D eigenvalue weighted by atomic mass is 79.9. The smallest absolute Gasteiger partial charge is 0.139 e. The standard InChI is InChI=1S/C14H17BrClFN2/c1-9(2)4-3-5-19-13-6-10(15)11(17)7-12(13)18-14(19)8-16/h6-7,9H,3-5,8H2,1-2H3. The van der Waals surface area contributed by atoms with Crippen molar-refractivity contribution in [3.8, 4) is 0 Å². The van der Waals surface area contributed by atoms with Crippen molar-refractivity contribution in [3.05, 3.63) is 28.2 Å². The Hall–Kier alpha value is -0.610. The van der Waals surface area contributed by atoms with Crippen molar-refractivity contribution in [2.45, 2.75) is 39.1 Å². The molecule has 0 saturated heterocycles. The molecule has 0 unspecified atom stereocenters. The Morgan fingerprint density at radius 2 is 2.16 bits per heavy atom. The van der Waals surface area contributed by atoms with E-state index in [0.29, 0.717) is 21.8 Å². The predicted octanol–water partition coefficient (Wildman–Crippen LogP) is 5.11. The van der Waals surface area contributed by atoms with E-state index in [2.05, 4.69) is 39.3 Å². The Balaban J connectivity index is 2.36. The maximum atomic E-state index is 13.5. The molecule has 0 aliphatic rings. The molecule has 1 heterocycles. The summed E-state index contributed by atoms with van der Waals surface area (Å²) in [6.45, 7) is 5.29. The fourth-order valence-corrected chi connectivity index (χ4v) is 2.71. The van der Waals surface area contributed by atoms with Crippen LogP contribution in [0.15, 0.2) is 16.6 Å². The summed E-state index contributed by atoms with van der Waals surface area (Å²) in [5, 5.41) is 0. The van der Waals surface area contributed by atoms with Crippen molar-refractivity contribution < 1.29 is 4.39 Å². The fraction of sp³-hybridized carbons (Fsp3) is 0.500. The number of rotatable bonds is 5. The molecule has 0 saturated carbocycles. The summed E-state index contributed by atoms with van der Waals surface area (Å²) >= 11 is 9.16. The van der Waals surface area contributed by atoms with E-state index in [4.69, 9.17) is 11.6 Å². The molecule has 0 bridgehead atoms. The van der Waals surface area contributed by atoms with Gasteiger partial charge in [0.25, 0.3) is 0 Å². The molecule has 0 spiro atoms. The minimum absolute atomic E-state index is 0.291. The average Bonchev–Trinajstić information content (AvgIpc) is 2.67. The number of nitrogens with zero attached hydrogens (tertiary/aromatic N) is 2. The molecule has 0 aliphatic carbocycles. The molecule has 1 aromatic carbocycles. The van der Waals surface area contributed by atoms with E-state index in [1.54, 1.807) is 6.07 Å². The lowest BCUT2D eigenvalue weighted by atomic mass is 10.1. The summed E-state index contributed by atoms with van der Waals surface area (Å²) in [5.41, 5.74) is 1.61. The van der Waals surface area contributed by atoms with E-state index in [9.17, 15) is 4.39 Å². The first-order valence-corrected chi connectivity index (χ1v) is 7.75. The Morgan fingerprint density at radius 3 is 2.79 bits per heavy atom. The number of fused-ring (bicyclic) bond motifs is 1. The van der Waals surface area contributed by atoms with E-state index < -0.39 is 0 Å². The normalized spacial score (nSPS) is 11.7. The maximum Gasteiger partial charge on any atom is 0.139 e. The van der Waals surface area contributed by atoms with Gasteiger partial charge in [0.2, 0.25) is 0 Å². The van der Waals surface area contributed by atoms with Gasteiger partial charge in [0.1, 0.15) is 11.6 Å². The van der Waals surface area contributed by atoms with Crippen molar-refractivity contribution in [1.82, 2.24) is 9.55 Å². The largest absolute Gasteiger partial charge is 0.327 e. The lowest BCUT2D eigenvalue weighted by Crippen LogP contribution is -2.03. The van der Waals surface area contributed by atoms with Gasteiger partial charge in [0.05, 0.1) is 21.4 Å². The molecule has 2 nitrogen and oxygen atoms in total. The van der Waals surface area contributed by atoms with Crippen LogP contribution in [-0.4, -0.2) is 9.55 Å². The van der Waals surface area contributed by atoms with Gasteiger partial charge in [-0.15, -0.1) is 11.6 Å².